The van der Waals surface area contributed by atoms with Crippen molar-refractivity contribution in [2.45, 2.75) is 56.9 Å². The van der Waals surface area contributed by atoms with Crippen LogP contribution in [0.5, 0.6) is 0 Å². The highest BCUT2D eigenvalue weighted by atomic mass is 19.1. The number of hydrogen-bond acceptors (Lipinski definition) is 4. The standard InChI is InChI=1S/C21H27FN2O2/c1-2-26-20(25)13-16-9-12-24(14-16)19-7-10-21(15-23,11-8-19)17-3-5-18(22)6-4-17/h3-6,16,19H,2,7-14H2,1H3/t16-,19?,21?/m0/s1. The van der Waals surface area contributed by atoms with Crippen molar-refractivity contribution in [3.63, 3.8) is 0 Å². The third kappa shape index (κ3) is 4.07. The van der Waals surface area contributed by atoms with Gasteiger partial charge in [-0.25, -0.2) is 4.39 Å². The molecule has 1 aromatic carbocycles. The van der Waals surface area contributed by atoms with Crippen LogP contribution >= 0.6 is 0 Å². The zero-order chi connectivity index (χ0) is 18.6. The Kier molecular flexibility index (Phi) is 5.93. The number of likely N-dealkylation sites (tertiary alicyclic amines) is 1. The average molecular weight is 358 g/mol. The number of nitriles is 1. The minimum Gasteiger partial charge on any atom is -0.466 e. The third-order valence-electron chi connectivity index (χ3n) is 6.01. The van der Waals surface area contributed by atoms with E-state index in [1.165, 1.54) is 12.1 Å². The van der Waals surface area contributed by atoms with Gasteiger partial charge in [0.05, 0.1) is 18.1 Å². The normalized spacial score (nSPS) is 29.3. The van der Waals surface area contributed by atoms with E-state index in [0.29, 0.717) is 25.0 Å². The van der Waals surface area contributed by atoms with Crippen LogP contribution in [-0.4, -0.2) is 36.6 Å². The van der Waals surface area contributed by atoms with E-state index in [4.69, 9.17) is 4.74 Å². The molecule has 5 heteroatoms. The molecule has 1 aliphatic heterocycles. The maximum atomic E-state index is 13.2. The summed E-state index contributed by atoms with van der Waals surface area (Å²) in [5, 5.41) is 9.80. The molecule has 0 spiro atoms. The molecule has 1 atom stereocenters. The second-order valence-electron chi connectivity index (χ2n) is 7.59. The van der Waals surface area contributed by atoms with Gasteiger partial charge >= 0.3 is 5.97 Å². The molecule has 0 bridgehead atoms. The molecule has 1 heterocycles. The van der Waals surface area contributed by atoms with Crippen LogP contribution in [0.2, 0.25) is 0 Å². The highest BCUT2D eigenvalue weighted by molar-refractivity contribution is 5.69. The number of carbonyl (C=O) groups excluding carboxylic acids is 1. The van der Waals surface area contributed by atoms with Gasteiger partial charge in [-0.3, -0.25) is 4.79 Å². The molecule has 1 aromatic rings. The summed E-state index contributed by atoms with van der Waals surface area (Å²) in [5.74, 6) is 0.0248. The number of ether oxygens (including phenoxy) is 1. The molecule has 2 fully saturated rings. The van der Waals surface area contributed by atoms with Crippen molar-refractivity contribution in [3.05, 3.63) is 35.6 Å². The predicted octanol–water partition coefficient (Wildman–Crippen LogP) is 3.80. The Balaban J connectivity index is 1.56. The first-order chi connectivity index (χ1) is 12.6. The molecule has 26 heavy (non-hydrogen) atoms. The highest BCUT2D eigenvalue weighted by Crippen LogP contribution is 2.41. The number of rotatable bonds is 5. The maximum absolute atomic E-state index is 13.2. The first kappa shape index (κ1) is 18.8. The monoisotopic (exact) mass is 358 g/mol. The van der Waals surface area contributed by atoms with Crippen molar-refractivity contribution in [1.29, 1.82) is 5.26 Å². The SMILES string of the molecule is CCOC(=O)C[C@@H]1CCN(C2CCC(C#N)(c3ccc(F)cc3)CC2)C1. The van der Waals surface area contributed by atoms with E-state index in [0.717, 1.165) is 50.8 Å². The summed E-state index contributed by atoms with van der Waals surface area (Å²) in [6.07, 6.45) is 5.09. The molecule has 140 valence electrons. The smallest absolute Gasteiger partial charge is 0.306 e. The van der Waals surface area contributed by atoms with Crippen LogP contribution in [-0.2, 0) is 14.9 Å². The minimum absolute atomic E-state index is 0.0946. The summed E-state index contributed by atoms with van der Waals surface area (Å²) in [6.45, 7) is 4.24. The average Bonchev–Trinajstić information content (AvgIpc) is 3.11. The number of benzene rings is 1. The number of hydrogen-bond donors (Lipinski definition) is 0. The molecule has 0 radical (unpaired) electrons. The Bertz CT molecular complexity index is 660. The topological polar surface area (TPSA) is 53.3 Å². The fourth-order valence-corrected chi connectivity index (χ4v) is 4.51. The van der Waals surface area contributed by atoms with E-state index in [9.17, 15) is 14.4 Å². The summed E-state index contributed by atoms with van der Waals surface area (Å²) >= 11 is 0. The van der Waals surface area contributed by atoms with Crippen LogP contribution in [0.3, 0.4) is 0 Å². The lowest BCUT2D eigenvalue weighted by Crippen LogP contribution is -2.41. The van der Waals surface area contributed by atoms with Crippen LogP contribution in [0.15, 0.2) is 24.3 Å². The molecule has 3 rings (SSSR count). The van der Waals surface area contributed by atoms with E-state index in [1.807, 2.05) is 6.92 Å². The number of esters is 1. The van der Waals surface area contributed by atoms with Gasteiger partial charge in [0.25, 0.3) is 0 Å². The summed E-state index contributed by atoms with van der Waals surface area (Å²) < 4.78 is 18.3. The zero-order valence-electron chi connectivity index (χ0n) is 15.4. The van der Waals surface area contributed by atoms with Crippen LogP contribution in [0.4, 0.5) is 4.39 Å². The second kappa shape index (κ2) is 8.18. The van der Waals surface area contributed by atoms with Gasteiger partial charge in [0.15, 0.2) is 0 Å². The Morgan fingerprint density at radius 1 is 1.31 bits per heavy atom. The molecular weight excluding hydrogens is 331 g/mol. The molecule has 1 saturated heterocycles. The lowest BCUT2D eigenvalue weighted by molar-refractivity contribution is -0.144. The quantitative estimate of drug-likeness (QED) is 0.751. The second-order valence-corrected chi connectivity index (χ2v) is 7.59. The van der Waals surface area contributed by atoms with Gasteiger partial charge in [0.1, 0.15) is 5.82 Å². The molecule has 1 aliphatic carbocycles. The summed E-state index contributed by atoms with van der Waals surface area (Å²) in [6, 6.07) is 9.39. The van der Waals surface area contributed by atoms with E-state index in [-0.39, 0.29) is 11.8 Å². The lowest BCUT2D eigenvalue weighted by Gasteiger charge is -2.39. The van der Waals surface area contributed by atoms with E-state index in [1.54, 1.807) is 12.1 Å². The van der Waals surface area contributed by atoms with Gasteiger partial charge in [-0.05, 0) is 69.2 Å². The van der Waals surface area contributed by atoms with Gasteiger partial charge < -0.3 is 9.64 Å². The van der Waals surface area contributed by atoms with E-state index < -0.39 is 5.41 Å². The van der Waals surface area contributed by atoms with Gasteiger partial charge in [0.2, 0.25) is 0 Å². The van der Waals surface area contributed by atoms with Gasteiger partial charge in [-0.15, -0.1) is 0 Å². The van der Waals surface area contributed by atoms with E-state index >= 15 is 0 Å². The molecule has 0 N–H and O–H groups in total. The van der Waals surface area contributed by atoms with Gasteiger partial charge in [-0.1, -0.05) is 12.1 Å². The molecule has 0 unspecified atom stereocenters. The third-order valence-corrected chi connectivity index (χ3v) is 6.01. The van der Waals surface area contributed by atoms with Crippen LogP contribution in [0, 0.1) is 23.1 Å². The number of nitrogens with zero attached hydrogens (tertiary/aromatic N) is 2. The molecular formula is C21H27FN2O2. The van der Waals surface area contributed by atoms with Gasteiger partial charge in [-0.2, -0.15) is 5.26 Å². The Hall–Kier alpha value is -1.93. The van der Waals surface area contributed by atoms with Crippen molar-refractivity contribution in [2.24, 2.45) is 5.92 Å². The van der Waals surface area contributed by atoms with Crippen molar-refractivity contribution >= 4 is 5.97 Å². The summed E-state index contributed by atoms with van der Waals surface area (Å²) in [7, 11) is 0. The van der Waals surface area contributed by atoms with Crippen LogP contribution in [0.1, 0.15) is 51.0 Å². The van der Waals surface area contributed by atoms with Gasteiger partial charge in [0, 0.05) is 19.0 Å². The maximum Gasteiger partial charge on any atom is 0.306 e. The first-order valence-corrected chi connectivity index (χ1v) is 9.63. The zero-order valence-corrected chi connectivity index (χ0v) is 15.4. The lowest BCUT2D eigenvalue weighted by atomic mass is 9.69. The van der Waals surface area contributed by atoms with Crippen molar-refractivity contribution < 1.29 is 13.9 Å². The number of halogens is 1. The largest absolute Gasteiger partial charge is 0.466 e. The Morgan fingerprint density at radius 3 is 2.62 bits per heavy atom. The van der Waals surface area contributed by atoms with E-state index in [2.05, 4.69) is 11.0 Å². The fourth-order valence-electron chi connectivity index (χ4n) is 4.51. The minimum atomic E-state index is -0.492. The molecule has 2 aliphatic rings. The molecule has 0 amide bonds. The molecule has 1 saturated carbocycles. The fraction of sp³-hybridized carbons (Fsp3) is 0.619. The summed E-state index contributed by atoms with van der Waals surface area (Å²) in [5.41, 5.74) is 0.440. The molecule has 0 aromatic heterocycles. The Labute approximate surface area is 154 Å². The molecule has 4 nitrogen and oxygen atoms in total. The van der Waals surface area contributed by atoms with Crippen LogP contribution < -0.4 is 0 Å². The Morgan fingerprint density at radius 2 is 2.00 bits per heavy atom. The summed E-state index contributed by atoms with van der Waals surface area (Å²) in [4.78, 5) is 14.2. The van der Waals surface area contributed by atoms with Crippen LogP contribution in [0.25, 0.3) is 0 Å². The van der Waals surface area contributed by atoms with Crippen molar-refractivity contribution in [3.8, 4) is 6.07 Å². The number of carbonyl (C=O) groups is 1. The predicted molar refractivity (Wildman–Crippen MR) is 96.9 cm³/mol. The highest BCUT2D eigenvalue weighted by Gasteiger charge is 2.40. The van der Waals surface area contributed by atoms with Crippen molar-refractivity contribution in [1.82, 2.24) is 4.90 Å². The van der Waals surface area contributed by atoms with Crippen molar-refractivity contribution in [2.75, 3.05) is 19.7 Å². The first-order valence-electron chi connectivity index (χ1n) is 9.63.